The van der Waals surface area contributed by atoms with Gasteiger partial charge >= 0.3 is 6.09 Å². The Morgan fingerprint density at radius 1 is 1.26 bits per heavy atom. The van der Waals surface area contributed by atoms with Crippen LogP contribution in [0.2, 0.25) is 0 Å². The molecule has 0 aromatic heterocycles. The first kappa shape index (κ1) is 13.9. The summed E-state index contributed by atoms with van der Waals surface area (Å²) in [5, 5.41) is 14.7. The zero-order valence-electron chi connectivity index (χ0n) is 11.2. The van der Waals surface area contributed by atoms with Crippen LogP contribution in [0, 0.1) is 5.41 Å². The molecule has 19 heavy (non-hydrogen) atoms. The molecule has 0 atom stereocenters. The summed E-state index contributed by atoms with van der Waals surface area (Å²) >= 11 is 0. The molecule has 0 spiro atoms. The first-order chi connectivity index (χ1) is 9.20. The van der Waals surface area contributed by atoms with Crippen molar-refractivity contribution in [3.63, 3.8) is 0 Å². The summed E-state index contributed by atoms with van der Waals surface area (Å²) in [4.78, 5) is 10.7. The van der Waals surface area contributed by atoms with Gasteiger partial charge in [-0.25, -0.2) is 4.79 Å². The SMILES string of the molecule is O=C(O)NCC1(CCc2ccccc2)CCNCC1. The number of rotatable bonds is 5. The summed E-state index contributed by atoms with van der Waals surface area (Å²) in [5.41, 5.74) is 1.44. The number of benzene rings is 1. The summed E-state index contributed by atoms with van der Waals surface area (Å²) in [6, 6.07) is 10.4. The zero-order chi connectivity index (χ0) is 13.6. The molecule has 0 unspecified atom stereocenters. The number of nitrogens with one attached hydrogen (secondary N) is 2. The van der Waals surface area contributed by atoms with Gasteiger partial charge in [0.15, 0.2) is 0 Å². The van der Waals surface area contributed by atoms with E-state index in [1.54, 1.807) is 0 Å². The smallest absolute Gasteiger partial charge is 0.404 e. The number of hydrogen-bond acceptors (Lipinski definition) is 2. The third-order valence-electron chi connectivity index (χ3n) is 4.07. The molecule has 104 valence electrons. The fraction of sp³-hybridized carbons (Fsp3) is 0.533. The second-order valence-electron chi connectivity index (χ2n) is 5.39. The maximum absolute atomic E-state index is 10.7. The van der Waals surface area contributed by atoms with Gasteiger partial charge in [0.25, 0.3) is 0 Å². The van der Waals surface area contributed by atoms with E-state index in [1.807, 2.05) is 6.07 Å². The third kappa shape index (κ3) is 4.24. The van der Waals surface area contributed by atoms with Crippen LogP contribution in [0.4, 0.5) is 4.79 Å². The molecule has 4 nitrogen and oxygen atoms in total. The molecule has 1 aromatic carbocycles. The zero-order valence-corrected chi connectivity index (χ0v) is 11.2. The second kappa shape index (κ2) is 6.57. The molecule has 0 aliphatic carbocycles. The van der Waals surface area contributed by atoms with E-state index in [4.69, 9.17) is 5.11 Å². The number of hydrogen-bond donors (Lipinski definition) is 3. The molecule has 0 radical (unpaired) electrons. The van der Waals surface area contributed by atoms with E-state index in [-0.39, 0.29) is 5.41 Å². The Hall–Kier alpha value is -1.55. The summed E-state index contributed by atoms with van der Waals surface area (Å²) in [5.74, 6) is 0. The van der Waals surface area contributed by atoms with Crippen LogP contribution in [-0.2, 0) is 6.42 Å². The summed E-state index contributed by atoms with van der Waals surface area (Å²) < 4.78 is 0. The van der Waals surface area contributed by atoms with Crippen molar-refractivity contribution in [1.29, 1.82) is 0 Å². The fourth-order valence-electron chi connectivity index (χ4n) is 2.79. The molecule has 1 aromatic rings. The number of carboxylic acid groups (broad SMARTS) is 1. The molecule has 1 heterocycles. The summed E-state index contributed by atoms with van der Waals surface area (Å²) in [6.07, 6.45) is 3.22. The molecule has 1 saturated heterocycles. The normalized spacial score (nSPS) is 17.9. The average Bonchev–Trinajstić information content (AvgIpc) is 2.45. The Kier molecular flexibility index (Phi) is 4.80. The van der Waals surface area contributed by atoms with Gasteiger partial charge in [-0.05, 0) is 49.8 Å². The Bertz CT molecular complexity index is 400. The molecule has 1 aliphatic rings. The highest BCUT2D eigenvalue weighted by atomic mass is 16.4. The van der Waals surface area contributed by atoms with Crippen LogP contribution >= 0.6 is 0 Å². The van der Waals surface area contributed by atoms with Crippen molar-refractivity contribution in [3.8, 4) is 0 Å². The first-order valence-corrected chi connectivity index (χ1v) is 6.92. The van der Waals surface area contributed by atoms with Gasteiger partial charge in [-0.15, -0.1) is 0 Å². The van der Waals surface area contributed by atoms with Crippen molar-refractivity contribution in [1.82, 2.24) is 10.6 Å². The van der Waals surface area contributed by atoms with Crippen LogP contribution in [0.5, 0.6) is 0 Å². The Labute approximate surface area is 114 Å². The van der Waals surface area contributed by atoms with Crippen molar-refractivity contribution in [2.45, 2.75) is 25.7 Å². The van der Waals surface area contributed by atoms with Crippen LogP contribution in [0.3, 0.4) is 0 Å². The van der Waals surface area contributed by atoms with Crippen molar-refractivity contribution in [2.24, 2.45) is 5.41 Å². The van der Waals surface area contributed by atoms with Crippen LogP contribution < -0.4 is 10.6 Å². The highest BCUT2D eigenvalue weighted by Crippen LogP contribution is 2.33. The maximum atomic E-state index is 10.7. The topological polar surface area (TPSA) is 61.4 Å². The molecule has 1 aliphatic heterocycles. The highest BCUT2D eigenvalue weighted by molar-refractivity contribution is 5.64. The molecule has 1 fully saturated rings. The van der Waals surface area contributed by atoms with Crippen LogP contribution in [0.15, 0.2) is 30.3 Å². The van der Waals surface area contributed by atoms with E-state index in [1.165, 1.54) is 5.56 Å². The van der Waals surface area contributed by atoms with Crippen LogP contribution in [0.25, 0.3) is 0 Å². The van der Waals surface area contributed by atoms with Crippen molar-refractivity contribution in [2.75, 3.05) is 19.6 Å². The van der Waals surface area contributed by atoms with Gasteiger partial charge in [0.05, 0.1) is 0 Å². The second-order valence-corrected chi connectivity index (χ2v) is 5.39. The van der Waals surface area contributed by atoms with E-state index >= 15 is 0 Å². The molecule has 4 heteroatoms. The summed E-state index contributed by atoms with van der Waals surface area (Å²) in [6.45, 7) is 2.53. The van der Waals surface area contributed by atoms with Crippen molar-refractivity contribution >= 4 is 6.09 Å². The van der Waals surface area contributed by atoms with E-state index in [0.717, 1.165) is 38.8 Å². The van der Waals surface area contributed by atoms with Gasteiger partial charge < -0.3 is 15.7 Å². The van der Waals surface area contributed by atoms with Crippen LogP contribution in [0.1, 0.15) is 24.8 Å². The van der Waals surface area contributed by atoms with Crippen LogP contribution in [-0.4, -0.2) is 30.8 Å². The molecular weight excluding hydrogens is 240 g/mol. The molecular formula is C15H22N2O2. The maximum Gasteiger partial charge on any atom is 0.404 e. The first-order valence-electron chi connectivity index (χ1n) is 6.92. The molecule has 1 amide bonds. The van der Waals surface area contributed by atoms with Crippen molar-refractivity contribution < 1.29 is 9.90 Å². The lowest BCUT2D eigenvalue weighted by Gasteiger charge is -2.37. The third-order valence-corrected chi connectivity index (χ3v) is 4.07. The lowest BCUT2D eigenvalue weighted by molar-refractivity contribution is 0.158. The fourth-order valence-corrected chi connectivity index (χ4v) is 2.79. The summed E-state index contributed by atoms with van der Waals surface area (Å²) in [7, 11) is 0. The number of carbonyl (C=O) groups is 1. The minimum atomic E-state index is -0.919. The molecule has 0 bridgehead atoms. The quantitative estimate of drug-likeness (QED) is 0.762. The number of amides is 1. The lowest BCUT2D eigenvalue weighted by atomic mass is 9.74. The van der Waals surface area contributed by atoms with Gasteiger partial charge in [-0.3, -0.25) is 0 Å². The monoisotopic (exact) mass is 262 g/mol. The van der Waals surface area contributed by atoms with E-state index in [9.17, 15) is 4.79 Å². The van der Waals surface area contributed by atoms with E-state index < -0.39 is 6.09 Å². The van der Waals surface area contributed by atoms with Gasteiger partial charge in [0.2, 0.25) is 0 Å². The lowest BCUT2D eigenvalue weighted by Crippen LogP contribution is -2.44. The molecule has 0 saturated carbocycles. The largest absolute Gasteiger partial charge is 0.465 e. The minimum Gasteiger partial charge on any atom is -0.465 e. The number of aryl methyl sites for hydroxylation is 1. The van der Waals surface area contributed by atoms with Crippen molar-refractivity contribution in [3.05, 3.63) is 35.9 Å². The predicted octanol–water partition coefficient (Wildman–Crippen LogP) is 2.26. The Morgan fingerprint density at radius 2 is 1.95 bits per heavy atom. The standard InChI is InChI=1S/C15H22N2O2/c18-14(19)17-12-15(8-10-16-11-9-15)7-6-13-4-2-1-3-5-13/h1-5,16-17H,6-12H2,(H,18,19). The highest BCUT2D eigenvalue weighted by Gasteiger charge is 2.31. The number of piperidine rings is 1. The van der Waals surface area contributed by atoms with E-state index in [0.29, 0.717) is 6.54 Å². The van der Waals surface area contributed by atoms with Gasteiger partial charge in [0, 0.05) is 6.54 Å². The van der Waals surface area contributed by atoms with E-state index in [2.05, 4.69) is 34.9 Å². The van der Waals surface area contributed by atoms with Gasteiger partial charge in [0.1, 0.15) is 0 Å². The Balaban J connectivity index is 1.95. The van der Waals surface area contributed by atoms with Gasteiger partial charge in [-0.1, -0.05) is 30.3 Å². The minimum absolute atomic E-state index is 0.111. The molecule has 2 rings (SSSR count). The average molecular weight is 262 g/mol. The Morgan fingerprint density at radius 3 is 2.58 bits per heavy atom. The molecule has 3 N–H and O–H groups in total. The van der Waals surface area contributed by atoms with Gasteiger partial charge in [-0.2, -0.15) is 0 Å². The predicted molar refractivity (Wildman–Crippen MR) is 75.3 cm³/mol.